The molecule has 0 fully saturated rings. The van der Waals surface area contributed by atoms with E-state index in [2.05, 4.69) is 40.1 Å². The zero-order valence-electron chi connectivity index (χ0n) is 29.5. The van der Waals surface area contributed by atoms with Crippen LogP contribution in [0.4, 0.5) is 0 Å². The van der Waals surface area contributed by atoms with Crippen molar-refractivity contribution in [1.29, 1.82) is 0 Å². The lowest BCUT2D eigenvalue weighted by Crippen LogP contribution is -2.58. The first kappa shape index (κ1) is 39.2. The number of carboxylic acid groups (broad SMARTS) is 1. The first-order chi connectivity index (χ1) is 23.5. The highest BCUT2D eigenvalue weighted by atomic mass is 16.4. The van der Waals surface area contributed by atoms with Gasteiger partial charge in [-0.1, -0.05) is 70.2 Å². The standard InChI is InChI=1S/C37H50N6O7/c1-20(2)15-24-11-13-25(14-12-24)22(5)34(47)40-23(6)35(48)42-30(16-21(3)4)36(49)43-31(37(50)41-29(33(38)46)18-32(44)45)17-26-19-39-28-10-8-7-9-27(26)28/h7-14,19-23,29-31,39H,15-18H2,1-6H3,(H2,38,46)(H,40,47)(H,41,50)(H,42,48)(H,43,49)(H,44,45)/t22-,23-,29-,30-,31-/m0/s1. The molecule has 3 rings (SSSR count). The summed E-state index contributed by atoms with van der Waals surface area (Å²) in [7, 11) is 0. The smallest absolute Gasteiger partial charge is 0.305 e. The largest absolute Gasteiger partial charge is 0.481 e. The van der Waals surface area contributed by atoms with Gasteiger partial charge in [-0.05, 0) is 61.3 Å². The lowest BCUT2D eigenvalue weighted by Gasteiger charge is -2.26. The van der Waals surface area contributed by atoms with Crippen molar-refractivity contribution in [3.8, 4) is 0 Å². The number of hydrogen-bond acceptors (Lipinski definition) is 6. The monoisotopic (exact) mass is 690 g/mol. The Hall–Kier alpha value is -5.20. The van der Waals surface area contributed by atoms with Crippen molar-refractivity contribution in [3.63, 3.8) is 0 Å². The maximum absolute atomic E-state index is 13.8. The average molecular weight is 691 g/mol. The zero-order valence-corrected chi connectivity index (χ0v) is 29.5. The summed E-state index contributed by atoms with van der Waals surface area (Å²) in [6.07, 6.45) is 2.06. The molecule has 270 valence electrons. The molecule has 1 aromatic heterocycles. The van der Waals surface area contributed by atoms with Crippen LogP contribution in [0.2, 0.25) is 0 Å². The SMILES string of the molecule is CC(C)Cc1ccc([C@H](C)C(=O)N[C@@H](C)C(=O)N[C@@H](CC(C)C)C(=O)N[C@@H](Cc2c[nH]c3ccccc23)C(=O)N[C@@H](CC(=O)O)C(N)=O)cc1. The molecule has 13 nitrogen and oxygen atoms in total. The molecule has 13 heteroatoms. The molecule has 5 atom stereocenters. The quantitative estimate of drug-likeness (QED) is 0.106. The lowest BCUT2D eigenvalue weighted by molar-refractivity contribution is -0.140. The van der Waals surface area contributed by atoms with Gasteiger partial charge >= 0.3 is 5.97 Å². The molecular formula is C37H50N6O7. The molecule has 0 aliphatic rings. The number of fused-ring (bicyclic) bond motifs is 1. The summed E-state index contributed by atoms with van der Waals surface area (Å²) >= 11 is 0. The van der Waals surface area contributed by atoms with Crippen molar-refractivity contribution in [2.75, 3.05) is 0 Å². The predicted molar refractivity (Wildman–Crippen MR) is 190 cm³/mol. The molecule has 1 heterocycles. The predicted octanol–water partition coefficient (Wildman–Crippen LogP) is 2.68. The van der Waals surface area contributed by atoms with E-state index < -0.39 is 66.1 Å². The van der Waals surface area contributed by atoms with Gasteiger partial charge in [0.2, 0.25) is 29.5 Å². The molecule has 0 spiro atoms. The number of carbonyl (C=O) groups excluding carboxylic acids is 5. The molecule has 0 aliphatic carbocycles. The number of aliphatic carboxylic acids is 1. The Morgan fingerprint density at radius 1 is 0.700 bits per heavy atom. The minimum absolute atomic E-state index is 0.0225. The normalized spacial score (nSPS) is 14.3. The molecule has 2 aromatic carbocycles. The number of amides is 5. The molecule has 0 bridgehead atoms. The fraction of sp³-hybridized carbons (Fsp3) is 0.459. The summed E-state index contributed by atoms with van der Waals surface area (Å²) < 4.78 is 0. The second-order valence-corrected chi connectivity index (χ2v) is 13.7. The van der Waals surface area contributed by atoms with Crippen LogP contribution in [0.5, 0.6) is 0 Å². The van der Waals surface area contributed by atoms with E-state index in [4.69, 9.17) is 5.73 Å². The van der Waals surface area contributed by atoms with E-state index in [1.54, 1.807) is 13.1 Å². The molecular weight excluding hydrogens is 640 g/mol. The van der Waals surface area contributed by atoms with Crippen molar-refractivity contribution in [2.24, 2.45) is 17.6 Å². The third kappa shape index (κ3) is 11.5. The van der Waals surface area contributed by atoms with Gasteiger partial charge in [-0.2, -0.15) is 0 Å². The molecule has 5 amide bonds. The van der Waals surface area contributed by atoms with Crippen LogP contribution in [-0.2, 0) is 41.6 Å². The van der Waals surface area contributed by atoms with Crippen molar-refractivity contribution in [1.82, 2.24) is 26.3 Å². The summed E-state index contributed by atoms with van der Waals surface area (Å²) in [5.41, 5.74) is 8.81. The van der Waals surface area contributed by atoms with E-state index in [1.807, 2.05) is 62.4 Å². The van der Waals surface area contributed by atoms with E-state index in [0.717, 1.165) is 22.9 Å². The summed E-state index contributed by atoms with van der Waals surface area (Å²) in [4.78, 5) is 80.1. The Morgan fingerprint density at radius 2 is 1.30 bits per heavy atom. The van der Waals surface area contributed by atoms with Crippen molar-refractivity contribution >= 4 is 46.4 Å². The molecule has 0 saturated carbocycles. The van der Waals surface area contributed by atoms with Gasteiger partial charge in [0.05, 0.1) is 12.3 Å². The van der Waals surface area contributed by atoms with Gasteiger partial charge in [-0.25, -0.2) is 0 Å². The number of aromatic nitrogens is 1. The summed E-state index contributed by atoms with van der Waals surface area (Å²) in [5.74, 6) is -4.90. The third-order valence-corrected chi connectivity index (χ3v) is 8.38. The number of carbonyl (C=O) groups is 6. The molecule has 0 unspecified atom stereocenters. The molecule has 0 radical (unpaired) electrons. The number of H-pyrrole nitrogens is 1. The second-order valence-electron chi connectivity index (χ2n) is 13.7. The van der Waals surface area contributed by atoms with Gasteiger partial charge in [-0.3, -0.25) is 28.8 Å². The fourth-order valence-electron chi connectivity index (χ4n) is 5.64. The van der Waals surface area contributed by atoms with E-state index >= 15 is 0 Å². The van der Waals surface area contributed by atoms with Crippen LogP contribution in [0, 0.1) is 11.8 Å². The molecule has 3 aromatic rings. The number of nitrogens with two attached hydrogens (primary N) is 1. The highest BCUT2D eigenvalue weighted by Gasteiger charge is 2.32. The Kier molecular flexibility index (Phi) is 14.1. The van der Waals surface area contributed by atoms with Gasteiger partial charge in [-0.15, -0.1) is 0 Å². The Labute approximate surface area is 292 Å². The number of primary amides is 1. The number of benzene rings is 2. The number of carboxylic acids is 1. The topological polar surface area (TPSA) is 213 Å². The van der Waals surface area contributed by atoms with Crippen molar-refractivity contribution in [3.05, 3.63) is 71.4 Å². The minimum atomic E-state index is -1.52. The molecule has 50 heavy (non-hydrogen) atoms. The number of nitrogens with one attached hydrogen (secondary N) is 5. The maximum atomic E-state index is 13.8. The minimum Gasteiger partial charge on any atom is -0.481 e. The van der Waals surface area contributed by atoms with Crippen LogP contribution in [0.3, 0.4) is 0 Å². The Morgan fingerprint density at radius 3 is 1.90 bits per heavy atom. The van der Waals surface area contributed by atoms with Gasteiger partial charge in [0.15, 0.2) is 0 Å². The van der Waals surface area contributed by atoms with Crippen molar-refractivity contribution in [2.45, 2.75) is 97.3 Å². The van der Waals surface area contributed by atoms with E-state index in [-0.39, 0.29) is 24.7 Å². The highest BCUT2D eigenvalue weighted by molar-refractivity contribution is 5.97. The van der Waals surface area contributed by atoms with Gasteiger partial charge < -0.3 is 37.1 Å². The molecule has 0 aliphatic heterocycles. The number of para-hydroxylation sites is 1. The lowest BCUT2D eigenvalue weighted by atomic mass is 9.96. The molecule has 8 N–H and O–H groups in total. The highest BCUT2D eigenvalue weighted by Crippen LogP contribution is 2.20. The van der Waals surface area contributed by atoms with E-state index in [1.165, 1.54) is 12.5 Å². The van der Waals surface area contributed by atoms with Crippen LogP contribution in [0.1, 0.15) is 77.0 Å². The van der Waals surface area contributed by atoms with Crippen molar-refractivity contribution < 1.29 is 33.9 Å². The van der Waals surface area contributed by atoms with Crippen LogP contribution in [-0.4, -0.2) is 69.8 Å². The maximum Gasteiger partial charge on any atom is 0.305 e. The first-order valence-corrected chi connectivity index (χ1v) is 16.9. The Balaban J connectivity index is 1.76. The summed E-state index contributed by atoms with van der Waals surface area (Å²) in [6, 6.07) is 10.3. The zero-order chi connectivity index (χ0) is 37.1. The van der Waals surface area contributed by atoms with Crippen LogP contribution < -0.4 is 27.0 Å². The number of hydrogen-bond donors (Lipinski definition) is 7. The number of aromatic amines is 1. The van der Waals surface area contributed by atoms with E-state index in [0.29, 0.717) is 11.5 Å². The third-order valence-electron chi connectivity index (χ3n) is 8.38. The van der Waals surface area contributed by atoms with Crippen LogP contribution in [0.25, 0.3) is 10.9 Å². The van der Waals surface area contributed by atoms with Gasteiger partial charge in [0.25, 0.3) is 0 Å². The van der Waals surface area contributed by atoms with Gasteiger partial charge in [0.1, 0.15) is 24.2 Å². The first-order valence-electron chi connectivity index (χ1n) is 16.9. The Bertz CT molecular complexity index is 1670. The summed E-state index contributed by atoms with van der Waals surface area (Å²) in [6.45, 7) is 11.3. The fourth-order valence-corrected chi connectivity index (χ4v) is 5.64. The number of rotatable bonds is 18. The van der Waals surface area contributed by atoms with Gasteiger partial charge in [0, 0.05) is 23.5 Å². The second kappa shape index (κ2) is 18.0. The van der Waals surface area contributed by atoms with Crippen LogP contribution >= 0.6 is 0 Å². The van der Waals surface area contributed by atoms with E-state index in [9.17, 15) is 33.9 Å². The van der Waals surface area contributed by atoms with Crippen LogP contribution in [0.15, 0.2) is 54.7 Å². The average Bonchev–Trinajstić information content (AvgIpc) is 3.45. The molecule has 0 saturated heterocycles. The summed E-state index contributed by atoms with van der Waals surface area (Å²) in [5, 5.41) is 20.5.